The Hall–Kier alpha value is -2.14. The van der Waals surface area contributed by atoms with Gasteiger partial charge >= 0.3 is 0 Å². The van der Waals surface area contributed by atoms with Gasteiger partial charge in [-0.25, -0.2) is 4.98 Å². The number of H-pyrrole nitrogens is 1. The molecule has 1 aromatic carbocycles. The zero-order chi connectivity index (χ0) is 17.6. The van der Waals surface area contributed by atoms with E-state index in [4.69, 9.17) is 0 Å². The average molecular weight is 353 g/mol. The van der Waals surface area contributed by atoms with Crippen molar-refractivity contribution in [2.45, 2.75) is 46.1 Å². The van der Waals surface area contributed by atoms with Crippen LogP contribution >= 0.6 is 11.3 Å². The molecule has 0 spiro atoms. The molecule has 4 rings (SSSR count). The van der Waals surface area contributed by atoms with Crippen molar-refractivity contribution in [3.63, 3.8) is 0 Å². The monoisotopic (exact) mass is 353 g/mol. The first kappa shape index (κ1) is 16.3. The number of rotatable bonds is 2. The number of likely N-dealkylation sites (tertiary alicyclic amines) is 1. The number of benzene rings is 1. The van der Waals surface area contributed by atoms with Gasteiger partial charge in [0.25, 0.3) is 5.91 Å². The molecule has 3 heterocycles. The molecular formula is C20H23N3OS. The van der Waals surface area contributed by atoms with Crippen LogP contribution in [-0.2, 0) is 0 Å². The van der Waals surface area contributed by atoms with Crippen molar-refractivity contribution in [2.75, 3.05) is 6.54 Å². The predicted molar refractivity (Wildman–Crippen MR) is 102 cm³/mol. The summed E-state index contributed by atoms with van der Waals surface area (Å²) in [6.45, 7) is 7.05. The van der Waals surface area contributed by atoms with Gasteiger partial charge in [0.15, 0.2) is 0 Å². The molecule has 0 saturated carbocycles. The van der Waals surface area contributed by atoms with Gasteiger partial charge in [-0.05, 0) is 56.7 Å². The van der Waals surface area contributed by atoms with Gasteiger partial charge in [0.2, 0.25) is 0 Å². The maximum atomic E-state index is 13.4. The average Bonchev–Trinajstić information content (AvgIpc) is 3.26. The van der Waals surface area contributed by atoms with Gasteiger partial charge in [0, 0.05) is 29.0 Å². The Morgan fingerprint density at radius 2 is 2.04 bits per heavy atom. The number of nitrogens with one attached hydrogen (secondary N) is 1. The van der Waals surface area contributed by atoms with Crippen LogP contribution in [0.4, 0.5) is 0 Å². The highest BCUT2D eigenvalue weighted by Gasteiger charge is 2.32. The third-order valence-electron chi connectivity index (χ3n) is 5.34. The molecule has 130 valence electrons. The SMILES string of the molecule is Cc1ccc(C)c2c(C)c(C(=O)N3CCCCC3c3nccs3)[nH]c12. The van der Waals surface area contributed by atoms with E-state index in [0.29, 0.717) is 0 Å². The molecule has 25 heavy (non-hydrogen) atoms. The van der Waals surface area contributed by atoms with Gasteiger partial charge in [-0.2, -0.15) is 0 Å². The van der Waals surface area contributed by atoms with Crippen LogP contribution in [0.1, 0.15) is 57.5 Å². The van der Waals surface area contributed by atoms with Crippen molar-refractivity contribution >= 4 is 28.1 Å². The lowest BCUT2D eigenvalue weighted by atomic mass is 10.0. The fourth-order valence-electron chi connectivity index (χ4n) is 3.99. The van der Waals surface area contributed by atoms with Crippen molar-refractivity contribution in [2.24, 2.45) is 0 Å². The molecule has 5 heteroatoms. The number of piperidine rings is 1. The molecular weight excluding hydrogens is 330 g/mol. The molecule has 3 aromatic rings. The number of carbonyl (C=O) groups is 1. The number of nitrogens with zero attached hydrogens (tertiary/aromatic N) is 2. The summed E-state index contributed by atoms with van der Waals surface area (Å²) in [5, 5.41) is 4.23. The van der Waals surface area contributed by atoms with Gasteiger partial charge < -0.3 is 9.88 Å². The first-order valence-electron chi connectivity index (χ1n) is 8.86. The lowest BCUT2D eigenvalue weighted by Gasteiger charge is -2.34. The molecule has 0 bridgehead atoms. The molecule has 1 atom stereocenters. The van der Waals surface area contributed by atoms with Gasteiger partial charge in [0.1, 0.15) is 10.7 Å². The highest BCUT2D eigenvalue weighted by Crippen LogP contribution is 2.35. The van der Waals surface area contributed by atoms with Gasteiger partial charge in [-0.1, -0.05) is 12.1 Å². The molecule has 1 amide bonds. The van der Waals surface area contributed by atoms with Gasteiger partial charge in [-0.15, -0.1) is 11.3 Å². The molecule has 1 fully saturated rings. The van der Waals surface area contributed by atoms with E-state index in [9.17, 15) is 4.79 Å². The van der Waals surface area contributed by atoms with E-state index >= 15 is 0 Å². The number of aromatic nitrogens is 2. The zero-order valence-corrected chi connectivity index (χ0v) is 15.7. The van der Waals surface area contributed by atoms with Crippen LogP contribution in [0.15, 0.2) is 23.7 Å². The molecule has 1 aliphatic heterocycles. The van der Waals surface area contributed by atoms with Crippen LogP contribution in [0.3, 0.4) is 0 Å². The minimum Gasteiger partial charge on any atom is -0.350 e. The number of thiazole rings is 1. The Morgan fingerprint density at radius 3 is 2.76 bits per heavy atom. The quantitative estimate of drug-likeness (QED) is 0.711. The van der Waals surface area contributed by atoms with Gasteiger partial charge in [-0.3, -0.25) is 4.79 Å². The number of carbonyl (C=O) groups excluding carboxylic acids is 1. The molecule has 1 saturated heterocycles. The largest absolute Gasteiger partial charge is 0.350 e. The summed E-state index contributed by atoms with van der Waals surface area (Å²) < 4.78 is 0. The summed E-state index contributed by atoms with van der Waals surface area (Å²) in [6.07, 6.45) is 5.04. The van der Waals surface area contributed by atoms with Crippen LogP contribution in [-0.4, -0.2) is 27.3 Å². The molecule has 1 aliphatic rings. The zero-order valence-electron chi connectivity index (χ0n) is 14.9. The van der Waals surface area contributed by atoms with E-state index in [1.807, 2.05) is 16.5 Å². The molecule has 0 aliphatic carbocycles. The summed E-state index contributed by atoms with van der Waals surface area (Å²) >= 11 is 1.64. The van der Waals surface area contributed by atoms with E-state index in [1.165, 1.54) is 16.5 Å². The van der Waals surface area contributed by atoms with E-state index < -0.39 is 0 Å². The first-order chi connectivity index (χ1) is 12.1. The Labute approximate surface area is 151 Å². The van der Waals surface area contributed by atoms with Crippen molar-refractivity contribution in [1.82, 2.24) is 14.9 Å². The Morgan fingerprint density at radius 1 is 1.24 bits per heavy atom. The highest BCUT2D eigenvalue weighted by atomic mass is 32.1. The van der Waals surface area contributed by atoms with Crippen LogP contribution in [0, 0.1) is 20.8 Å². The van der Waals surface area contributed by atoms with E-state index in [1.54, 1.807) is 11.3 Å². The van der Waals surface area contributed by atoms with Gasteiger partial charge in [0.05, 0.1) is 6.04 Å². The Kier molecular flexibility index (Phi) is 4.12. The van der Waals surface area contributed by atoms with Crippen molar-refractivity contribution < 1.29 is 4.79 Å². The fourth-order valence-corrected chi connectivity index (χ4v) is 4.77. The van der Waals surface area contributed by atoms with Crippen LogP contribution in [0.2, 0.25) is 0 Å². The van der Waals surface area contributed by atoms with Crippen LogP contribution in [0.5, 0.6) is 0 Å². The Balaban J connectivity index is 1.77. The number of aromatic amines is 1. The number of hydrogen-bond donors (Lipinski definition) is 1. The summed E-state index contributed by atoms with van der Waals surface area (Å²) in [6, 6.07) is 4.35. The topological polar surface area (TPSA) is 49.0 Å². The number of amides is 1. The van der Waals surface area contributed by atoms with E-state index in [2.05, 4.69) is 42.9 Å². The second-order valence-electron chi connectivity index (χ2n) is 6.95. The normalized spacial score (nSPS) is 18.0. The second-order valence-corrected chi connectivity index (χ2v) is 7.88. The minimum absolute atomic E-state index is 0.104. The number of fused-ring (bicyclic) bond motifs is 1. The molecule has 2 aromatic heterocycles. The van der Waals surface area contributed by atoms with Crippen molar-refractivity contribution in [3.05, 3.63) is 51.1 Å². The highest BCUT2D eigenvalue weighted by molar-refractivity contribution is 7.09. The maximum absolute atomic E-state index is 13.4. The first-order valence-corrected chi connectivity index (χ1v) is 9.74. The number of hydrogen-bond acceptors (Lipinski definition) is 3. The fraction of sp³-hybridized carbons (Fsp3) is 0.400. The number of aryl methyl sites for hydroxylation is 3. The molecule has 0 radical (unpaired) electrons. The summed E-state index contributed by atoms with van der Waals surface area (Å²) in [5.41, 5.74) is 5.27. The second kappa shape index (κ2) is 6.30. The third-order valence-corrected chi connectivity index (χ3v) is 6.21. The lowest BCUT2D eigenvalue weighted by molar-refractivity contribution is 0.0605. The minimum atomic E-state index is 0.104. The summed E-state index contributed by atoms with van der Waals surface area (Å²) in [5.74, 6) is 0.104. The molecule has 4 nitrogen and oxygen atoms in total. The molecule has 1 unspecified atom stereocenters. The Bertz CT molecular complexity index is 926. The van der Waals surface area contributed by atoms with E-state index in [-0.39, 0.29) is 11.9 Å². The van der Waals surface area contributed by atoms with Crippen molar-refractivity contribution in [1.29, 1.82) is 0 Å². The molecule has 1 N–H and O–H groups in total. The van der Waals surface area contributed by atoms with E-state index in [0.717, 1.165) is 47.6 Å². The predicted octanol–water partition coefficient (Wildman–Crippen LogP) is 4.92. The summed E-state index contributed by atoms with van der Waals surface area (Å²) in [7, 11) is 0. The lowest BCUT2D eigenvalue weighted by Crippen LogP contribution is -2.38. The van der Waals surface area contributed by atoms with Crippen LogP contribution in [0.25, 0.3) is 10.9 Å². The summed E-state index contributed by atoms with van der Waals surface area (Å²) in [4.78, 5) is 23.3. The standard InChI is InChI=1S/C20H23N3OS/c1-12-7-8-13(2)17-16(12)14(3)18(22-17)20(24)23-10-5-4-6-15(23)19-21-9-11-25-19/h7-9,11,15,22H,4-6,10H2,1-3H3. The van der Waals surface area contributed by atoms with Crippen molar-refractivity contribution in [3.8, 4) is 0 Å². The maximum Gasteiger partial charge on any atom is 0.271 e. The van der Waals surface area contributed by atoms with Crippen LogP contribution < -0.4 is 0 Å². The third kappa shape index (κ3) is 2.67. The smallest absolute Gasteiger partial charge is 0.271 e.